The van der Waals surface area contributed by atoms with Crippen LogP contribution in [0.2, 0.25) is 0 Å². The van der Waals surface area contributed by atoms with Crippen molar-refractivity contribution in [1.82, 2.24) is 20.4 Å². The van der Waals surface area contributed by atoms with E-state index in [1.54, 1.807) is 13.1 Å². The fourth-order valence-electron chi connectivity index (χ4n) is 3.98. The van der Waals surface area contributed by atoms with Crippen molar-refractivity contribution in [3.63, 3.8) is 0 Å². The Kier molecular flexibility index (Phi) is 3.56. The van der Waals surface area contributed by atoms with Gasteiger partial charge in [0.1, 0.15) is 0 Å². The van der Waals surface area contributed by atoms with Gasteiger partial charge in [-0.1, -0.05) is 6.07 Å². The van der Waals surface area contributed by atoms with Crippen molar-refractivity contribution in [2.24, 2.45) is 13.0 Å². The summed E-state index contributed by atoms with van der Waals surface area (Å²) >= 11 is 0. The van der Waals surface area contributed by atoms with E-state index >= 15 is 0 Å². The molecule has 2 fully saturated rings. The molecule has 1 amide bonds. The topological polar surface area (TPSA) is 59.0 Å². The molecule has 0 saturated carbocycles. The Morgan fingerprint density at radius 3 is 2.87 bits per heavy atom. The summed E-state index contributed by atoms with van der Waals surface area (Å²) in [6.07, 6.45) is 4.23. The number of halogens is 1. The van der Waals surface area contributed by atoms with Gasteiger partial charge in [-0.05, 0) is 43.4 Å². The van der Waals surface area contributed by atoms with E-state index in [1.807, 2.05) is 12.1 Å². The number of carbonyl (C=O) groups is 1. The van der Waals surface area contributed by atoms with Crippen LogP contribution in [0.25, 0.3) is 10.9 Å². The molecule has 4 rings (SSSR count). The molecule has 2 aliphatic rings. The number of piperidine rings is 1. The molecule has 2 aliphatic heterocycles. The van der Waals surface area contributed by atoms with Gasteiger partial charge in [-0.25, -0.2) is 0 Å². The standard InChI is InChI=1S/C17H21FN4O/c1-22-15-5-2-10(6-14(15)16(18)21-22)9-19-17(23)11-7-12-3-4-13(8-11)20-12/h2,5-6,11-13,20H,3-4,7-9H2,1H3,(H,19,23)/t11?,12-,13+. The average Bonchev–Trinajstić information content (AvgIpc) is 3.03. The van der Waals surface area contributed by atoms with Gasteiger partial charge in [0.2, 0.25) is 11.9 Å². The minimum Gasteiger partial charge on any atom is -0.352 e. The van der Waals surface area contributed by atoms with Crippen LogP contribution in [0.4, 0.5) is 4.39 Å². The Hall–Kier alpha value is -1.95. The van der Waals surface area contributed by atoms with E-state index in [-0.39, 0.29) is 11.8 Å². The Morgan fingerprint density at radius 2 is 2.13 bits per heavy atom. The number of fused-ring (bicyclic) bond motifs is 3. The molecule has 0 radical (unpaired) electrons. The highest BCUT2D eigenvalue weighted by Gasteiger charge is 2.36. The zero-order chi connectivity index (χ0) is 16.0. The Morgan fingerprint density at radius 1 is 1.39 bits per heavy atom. The zero-order valence-electron chi connectivity index (χ0n) is 13.2. The van der Waals surface area contributed by atoms with Crippen molar-refractivity contribution in [3.8, 4) is 0 Å². The second-order valence-electron chi connectivity index (χ2n) is 6.79. The average molecular weight is 316 g/mol. The number of aromatic nitrogens is 2. The quantitative estimate of drug-likeness (QED) is 0.909. The van der Waals surface area contributed by atoms with Crippen LogP contribution in [-0.4, -0.2) is 27.8 Å². The number of carbonyl (C=O) groups excluding carboxylic acids is 1. The SMILES string of the molecule is Cn1nc(F)c2cc(CNC(=O)C3C[C@H]4CC[C@@H](C3)N4)ccc21. The van der Waals surface area contributed by atoms with Crippen molar-refractivity contribution >= 4 is 16.8 Å². The minimum absolute atomic E-state index is 0.104. The summed E-state index contributed by atoms with van der Waals surface area (Å²) in [6, 6.07) is 6.54. The van der Waals surface area contributed by atoms with E-state index in [9.17, 15) is 9.18 Å². The fraction of sp³-hybridized carbons (Fsp3) is 0.529. The first-order chi connectivity index (χ1) is 11.1. The third-order valence-corrected chi connectivity index (χ3v) is 5.18. The highest BCUT2D eigenvalue weighted by molar-refractivity contribution is 5.81. The third-order valence-electron chi connectivity index (χ3n) is 5.18. The first-order valence-corrected chi connectivity index (χ1v) is 8.25. The molecule has 5 nitrogen and oxygen atoms in total. The smallest absolute Gasteiger partial charge is 0.240 e. The maximum Gasteiger partial charge on any atom is 0.240 e. The predicted octanol–water partition coefficient (Wildman–Crippen LogP) is 1.86. The molecule has 1 unspecified atom stereocenters. The van der Waals surface area contributed by atoms with Gasteiger partial charge in [0, 0.05) is 31.6 Å². The molecule has 3 heterocycles. The predicted molar refractivity (Wildman–Crippen MR) is 85.2 cm³/mol. The van der Waals surface area contributed by atoms with Crippen LogP contribution in [0.3, 0.4) is 0 Å². The summed E-state index contributed by atoms with van der Waals surface area (Å²) < 4.78 is 15.3. The maximum absolute atomic E-state index is 13.7. The van der Waals surface area contributed by atoms with Gasteiger partial charge in [0.05, 0.1) is 10.9 Å². The molecule has 2 aromatic rings. The number of aryl methyl sites for hydroxylation is 1. The normalized spacial score (nSPS) is 26.6. The van der Waals surface area contributed by atoms with Crippen LogP contribution < -0.4 is 10.6 Å². The van der Waals surface area contributed by atoms with Gasteiger partial charge >= 0.3 is 0 Å². The minimum atomic E-state index is -0.467. The number of hydrogen-bond acceptors (Lipinski definition) is 3. The van der Waals surface area contributed by atoms with Crippen LogP contribution in [0, 0.1) is 11.9 Å². The lowest BCUT2D eigenvalue weighted by Crippen LogP contribution is -2.43. The van der Waals surface area contributed by atoms with Crippen LogP contribution in [0.5, 0.6) is 0 Å². The lowest BCUT2D eigenvalue weighted by molar-refractivity contribution is -0.126. The van der Waals surface area contributed by atoms with Gasteiger partial charge in [0.25, 0.3) is 0 Å². The number of benzene rings is 1. The van der Waals surface area contributed by atoms with Crippen molar-refractivity contribution in [3.05, 3.63) is 29.7 Å². The number of nitrogens with one attached hydrogen (secondary N) is 2. The Bertz CT molecular complexity index is 744. The van der Waals surface area contributed by atoms with Crippen LogP contribution in [0.15, 0.2) is 18.2 Å². The first-order valence-electron chi connectivity index (χ1n) is 8.25. The summed E-state index contributed by atoms with van der Waals surface area (Å²) in [4.78, 5) is 12.4. The molecule has 0 spiro atoms. The first kappa shape index (κ1) is 14.6. The lowest BCUT2D eigenvalue weighted by Gasteiger charge is -2.28. The largest absolute Gasteiger partial charge is 0.352 e. The van der Waals surface area contributed by atoms with Crippen molar-refractivity contribution in [1.29, 1.82) is 0 Å². The third kappa shape index (κ3) is 2.72. The number of nitrogens with zero attached hydrogens (tertiary/aromatic N) is 2. The van der Waals surface area contributed by atoms with E-state index in [1.165, 1.54) is 17.5 Å². The summed E-state index contributed by atoms with van der Waals surface area (Å²) in [7, 11) is 1.72. The highest BCUT2D eigenvalue weighted by Crippen LogP contribution is 2.31. The molecule has 122 valence electrons. The van der Waals surface area contributed by atoms with Gasteiger partial charge in [0.15, 0.2) is 0 Å². The van der Waals surface area contributed by atoms with Crippen LogP contribution in [-0.2, 0) is 18.4 Å². The van der Waals surface area contributed by atoms with E-state index in [2.05, 4.69) is 15.7 Å². The monoisotopic (exact) mass is 316 g/mol. The summed E-state index contributed by atoms with van der Waals surface area (Å²) in [5.74, 6) is -0.242. The lowest BCUT2D eigenvalue weighted by atomic mass is 9.91. The molecule has 0 aliphatic carbocycles. The number of rotatable bonds is 3. The molecule has 3 atom stereocenters. The van der Waals surface area contributed by atoms with Crippen LogP contribution >= 0.6 is 0 Å². The molecule has 1 aromatic heterocycles. The van der Waals surface area contributed by atoms with Crippen molar-refractivity contribution in [2.75, 3.05) is 0 Å². The molecule has 2 saturated heterocycles. The molecule has 2 bridgehead atoms. The number of amides is 1. The van der Waals surface area contributed by atoms with Gasteiger partial charge in [-0.3, -0.25) is 9.48 Å². The molecule has 2 N–H and O–H groups in total. The van der Waals surface area contributed by atoms with Crippen molar-refractivity contribution in [2.45, 2.75) is 44.3 Å². The fourth-order valence-corrected chi connectivity index (χ4v) is 3.98. The Balaban J connectivity index is 1.42. The second-order valence-corrected chi connectivity index (χ2v) is 6.79. The molecule has 23 heavy (non-hydrogen) atoms. The summed E-state index contributed by atoms with van der Waals surface area (Å²) in [6.45, 7) is 0.433. The van der Waals surface area contributed by atoms with Crippen molar-refractivity contribution < 1.29 is 9.18 Å². The highest BCUT2D eigenvalue weighted by atomic mass is 19.1. The van der Waals surface area contributed by atoms with E-state index in [0.717, 1.165) is 23.9 Å². The van der Waals surface area contributed by atoms with Crippen LogP contribution in [0.1, 0.15) is 31.2 Å². The molecular weight excluding hydrogens is 295 g/mol. The van der Waals surface area contributed by atoms with Gasteiger partial charge < -0.3 is 10.6 Å². The van der Waals surface area contributed by atoms with Gasteiger partial charge in [-0.2, -0.15) is 4.39 Å². The second kappa shape index (κ2) is 5.60. The van der Waals surface area contributed by atoms with E-state index in [4.69, 9.17) is 0 Å². The zero-order valence-corrected chi connectivity index (χ0v) is 13.2. The van der Waals surface area contributed by atoms with E-state index in [0.29, 0.717) is 24.0 Å². The van der Waals surface area contributed by atoms with Gasteiger partial charge in [-0.15, -0.1) is 5.10 Å². The molecular formula is C17H21FN4O. The Labute approximate surface area is 134 Å². The summed E-state index contributed by atoms with van der Waals surface area (Å²) in [5.41, 5.74) is 1.65. The molecule has 1 aromatic carbocycles. The molecule has 6 heteroatoms. The van der Waals surface area contributed by atoms with E-state index < -0.39 is 5.95 Å². The summed E-state index contributed by atoms with van der Waals surface area (Å²) in [5, 5.41) is 10.8. The maximum atomic E-state index is 13.7. The number of hydrogen-bond donors (Lipinski definition) is 2.